The molecular weight excluding hydrogens is 204 g/mol. The van der Waals surface area contributed by atoms with E-state index in [-0.39, 0.29) is 5.95 Å². The molecule has 0 aliphatic carbocycles. The van der Waals surface area contributed by atoms with Crippen molar-refractivity contribution in [1.82, 2.24) is 25.2 Å². The van der Waals surface area contributed by atoms with Crippen molar-refractivity contribution in [3.8, 4) is 5.69 Å². The Morgan fingerprint density at radius 1 is 1.19 bits per heavy atom. The molecule has 0 fully saturated rings. The minimum Gasteiger partial charge on any atom is -0.366 e. The van der Waals surface area contributed by atoms with Crippen LogP contribution < -0.4 is 5.73 Å². The number of aromatic nitrogens is 5. The smallest absolute Gasteiger partial charge is 0.245 e. The van der Waals surface area contributed by atoms with Crippen molar-refractivity contribution < 1.29 is 0 Å². The first-order valence-electron chi connectivity index (χ1n) is 4.73. The molecule has 0 spiro atoms. The van der Waals surface area contributed by atoms with Gasteiger partial charge in [-0.05, 0) is 22.6 Å². The van der Waals surface area contributed by atoms with Crippen molar-refractivity contribution >= 4 is 16.7 Å². The van der Waals surface area contributed by atoms with Gasteiger partial charge >= 0.3 is 0 Å². The molecule has 0 atom stereocenters. The summed E-state index contributed by atoms with van der Waals surface area (Å²) in [6.07, 6.45) is 3.52. The van der Waals surface area contributed by atoms with Gasteiger partial charge in [-0.25, -0.2) is 0 Å². The zero-order valence-corrected chi connectivity index (χ0v) is 8.28. The van der Waals surface area contributed by atoms with Crippen molar-refractivity contribution in [3.05, 3.63) is 36.7 Å². The minimum atomic E-state index is 0.268. The zero-order chi connectivity index (χ0) is 11.0. The highest BCUT2D eigenvalue weighted by atomic mass is 15.6. The van der Waals surface area contributed by atoms with Gasteiger partial charge in [0.1, 0.15) is 0 Å². The van der Waals surface area contributed by atoms with E-state index in [1.54, 1.807) is 12.4 Å². The molecule has 1 aromatic carbocycles. The lowest BCUT2D eigenvalue weighted by molar-refractivity contribution is 0.795. The zero-order valence-electron chi connectivity index (χ0n) is 8.28. The second-order valence-electron chi connectivity index (χ2n) is 3.32. The van der Waals surface area contributed by atoms with Gasteiger partial charge in [-0.2, -0.15) is 4.68 Å². The van der Waals surface area contributed by atoms with Crippen molar-refractivity contribution in [2.24, 2.45) is 0 Å². The van der Waals surface area contributed by atoms with Gasteiger partial charge in [-0.3, -0.25) is 4.98 Å². The molecular formula is C10H8N6. The largest absolute Gasteiger partial charge is 0.366 e. The van der Waals surface area contributed by atoms with Crippen LogP contribution in [0.3, 0.4) is 0 Å². The predicted molar refractivity (Wildman–Crippen MR) is 58.9 cm³/mol. The lowest BCUT2D eigenvalue weighted by Gasteiger charge is -2.05. The summed E-state index contributed by atoms with van der Waals surface area (Å²) in [6.45, 7) is 0. The normalized spacial score (nSPS) is 10.8. The fourth-order valence-corrected chi connectivity index (χ4v) is 1.66. The van der Waals surface area contributed by atoms with E-state index in [0.29, 0.717) is 0 Å². The number of hydrogen-bond donors (Lipinski definition) is 1. The minimum absolute atomic E-state index is 0.268. The van der Waals surface area contributed by atoms with Crippen LogP contribution in [-0.2, 0) is 0 Å². The Balaban J connectivity index is 2.36. The third-order valence-corrected chi connectivity index (χ3v) is 2.38. The summed E-state index contributed by atoms with van der Waals surface area (Å²) in [4.78, 5) is 4.07. The monoisotopic (exact) mass is 212 g/mol. The molecule has 2 aromatic heterocycles. The van der Waals surface area contributed by atoms with E-state index in [4.69, 9.17) is 5.73 Å². The Morgan fingerprint density at radius 3 is 2.94 bits per heavy atom. The van der Waals surface area contributed by atoms with E-state index in [9.17, 15) is 0 Å². The average molecular weight is 212 g/mol. The van der Waals surface area contributed by atoms with Crippen LogP contribution in [0.15, 0.2) is 36.7 Å². The average Bonchev–Trinajstić information content (AvgIpc) is 2.75. The summed E-state index contributed by atoms with van der Waals surface area (Å²) >= 11 is 0. The molecule has 3 aromatic rings. The summed E-state index contributed by atoms with van der Waals surface area (Å²) < 4.78 is 1.50. The van der Waals surface area contributed by atoms with Gasteiger partial charge in [0.25, 0.3) is 0 Å². The molecule has 0 bridgehead atoms. The van der Waals surface area contributed by atoms with Crippen LogP contribution in [0.2, 0.25) is 0 Å². The van der Waals surface area contributed by atoms with E-state index in [2.05, 4.69) is 20.5 Å². The van der Waals surface area contributed by atoms with E-state index in [1.807, 2.05) is 24.3 Å². The molecule has 0 aliphatic heterocycles. The lowest BCUT2D eigenvalue weighted by Crippen LogP contribution is -2.03. The molecule has 0 unspecified atom stereocenters. The maximum atomic E-state index is 5.67. The van der Waals surface area contributed by atoms with Crippen LogP contribution in [0.4, 0.5) is 5.95 Å². The highest BCUT2D eigenvalue weighted by Crippen LogP contribution is 2.21. The number of nitrogens with zero attached hydrogens (tertiary/aromatic N) is 5. The fraction of sp³-hybridized carbons (Fsp3) is 0. The topological polar surface area (TPSA) is 82.5 Å². The standard InChI is InChI=1S/C10H8N6/c11-10-13-14-15-16(10)9-3-1-2-7-6-12-5-4-8(7)9/h1-6H,(H2,11,13,15). The molecule has 6 heteroatoms. The van der Waals surface area contributed by atoms with E-state index in [0.717, 1.165) is 16.5 Å². The van der Waals surface area contributed by atoms with Crippen molar-refractivity contribution in [2.45, 2.75) is 0 Å². The number of nitrogen functional groups attached to an aromatic ring is 1. The predicted octanol–water partition coefficient (Wildman–Crippen LogP) is 0.793. The highest BCUT2D eigenvalue weighted by Gasteiger charge is 2.07. The molecule has 0 radical (unpaired) electrons. The first kappa shape index (κ1) is 8.78. The fourth-order valence-electron chi connectivity index (χ4n) is 1.66. The van der Waals surface area contributed by atoms with Gasteiger partial charge in [-0.1, -0.05) is 17.2 Å². The van der Waals surface area contributed by atoms with E-state index >= 15 is 0 Å². The van der Waals surface area contributed by atoms with Gasteiger partial charge in [0.05, 0.1) is 5.69 Å². The molecule has 6 nitrogen and oxygen atoms in total. The van der Waals surface area contributed by atoms with Gasteiger partial charge in [0.2, 0.25) is 5.95 Å². The highest BCUT2D eigenvalue weighted by molar-refractivity contribution is 5.89. The van der Waals surface area contributed by atoms with Gasteiger partial charge in [0.15, 0.2) is 0 Å². The number of pyridine rings is 1. The van der Waals surface area contributed by atoms with E-state index < -0.39 is 0 Å². The number of nitrogens with two attached hydrogens (primary N) is 1. The second kappa shape index (κ2) is 3.27. The number of rotatable bonds is 1. The van der Waals surface area contributed by atoms with Crippen molar-refractivity contribution in [2.75, 3.05) is 5.73 Å². The van der Waals surface area contributed by atoms with Crippen molar-refractivity contribution in [1.29, 1.82) is 0 Å². The van der Waals surface area contributed by atoms with Crippen LogP contribution in [0.25, 0.3) is 16.5 Å². The molecule has 0 amide bonds. The molecule has 0 saturated carbocycles. The first-order chi connectivity index (χ1) is 7.86. The van der Waals surface area contributed by atoms with Gasteiger partial charge in [-0.15, -0.1) is 0 Å². The van der Waals surface area contributed by atoms with Crippen LogP contribution in [0.5, 0.6) is 0 Å². The maximum absolute atomic E-state index is 5.67. The molecule has 78 valence electrons. The number of anilines is 1. The molecule has 16 heavy (non-hydrogen) atoms. The first-order valence-corrected chi connectivity index (χ1v) is 4.73. The van der Waals surface area contributed by atoms with Gasteiger partial charge in [0, 0.05) is 23.2 Å². The number of tetrazole rings is 1. The Kier molecular flexibility index (Phi) is 1.79. The summed E-state index contributed by atoms with van der Waals surface area (Å²) in [7, 11) is 0. The molecule has 0 aliphatic rings. The Hall–Kier alpha value is -2.50. The molecule has 2 heterocycles. The summed E-state index contributed by atoms with van der Waals surface area (Å²) in [6, 6.07) is 7.72. The third-order valence-electron chi connectivity index (χ3n) is 2.38. The number of fused-ring (bicyclic) bond motifs is 1. The van der Waals surface area contributed by atoms with E-state index in [1.165, 1.54) is 4.68 Å². The third kappa shape index (κ3) is 1.20. The van der Waals surface area contributed by atoms with Gasteiger partial charge < -0.3 is 5.73 Å². The second-order valence-corrected chi connectivity index (χ2v) is 3.32. The van der Waals surface area contributed by atoms with Crippen LogP contribution in [-0.4, -0.2) is 25.2 Å². The number of hydrogen-bond acceptors (Lipinski definition) is 5. The SMILES string of the molecule is Nc1nnnn1-c1cccc2cnccc12. The van der Waals surface area contributed by atoms with Crippen LogP contribution in [0.1, 0.15) is 0 Å². The summed E-state index contributed by atoms with van der Waals surface area (Å²) in [5.41, 5.74) is 6.52. The molecule has 0 saturated heterocycles. The van der Waals surface area contributed by atoms with Crippen LogP contribution >= 0.6 is 0 Å². The molecule has 2 N–H and O–H groups in total. The summed E-state index contributed by atoms with van der Waals surface area (Å²) in [5, 5.41) is 13.1. The Labute approximate surface area is 90.7 Å². The number of benzene rings is 1. The quantitative estimate of drug-likeness (QED) is 0.644. The Morgan fingerprint density at radius 2 is 2.12 bits per heavy atom. The molecule has 3 rings (SSSR count). The van der Waals surface area contributed by atoms with Crippen molar-refractivity contribution in [3.63, 3.8) is 0 Å². The lowest BCUT2D eigenvalue weighted by atomic mass is 10.1. The van der Waals surface area contributed by atoms with Crippen LogP contribution in [0, 0.1) is 0 Å². The maximum Gasteiger partial charge on any atom is 0.245 e. The summed E-state index contributed by atoms with van der Waals surface area (Å²) in [5.74, 6) is 0.268. The Bertz CT molecular complexity index is 639.